The Bertz CT molecular complexity index is 416. The summed E-state index contributed by atoms with van der Waals surface area (Å²) in [4.78, 5) is 4.67. The fourth-order valence-corrected chi connectivity index (χ4v) is 3.16. The molecule has 0 bridgehead atoms. The van der Waals surface area contributed by atoms with Crippen LogP contribution in [0.3, 0.4) is 0 Å². The van der Waals surface area contributed by atoms with Crippen LogP contribution < -0.4 is 4.90 Å². The van der Waals surface area contributed by atoms with Crippen LogP contribution in [0.1, 0.15) is 18.5 Å². The molecule has 5 nitrogen and oxygen atoms in total. The first-order valence-corrected chi connectivity index (χ1v) is 7.65. The van der Waals surface area contributed by atoms with E-state index in [0.717, 1.165) is 50.2 Å². The van der Waals surface area contributed by atoms with Crippen LogP contribution in [0.5, 0.6) is 0 Å². The van der Waals surface area contributed by atoms with Crippen LogP contribution >= 0.6 is 0 Å². The van der Waals surface area contributed by atoms with Gasteiger partial charge in [-0.15, -0.1) is 5.10 Å². The van der Waals surface area contributed by atoms with Gasteiger partial charge in [-0.25, -0.2) is 0 Å². The molecular weight excluding hydrogens is 252 g/mol. The van der Waals surface area contributed by atoms with Crippen LogP contribution in [-0.4, -0.2) is 61.5 Å². The van der Waals surface area contributed by atoms with Crippen molar-refractivity contribution in [3.63, 3.8) is 0 Å². The highest BCUT2D eigenvalue weighted by molar-refractivity contribution is 5.37. The highest BCUT2D eigenvalue weighted by Gasteiger charge is 2.18. The Balaban J connectivity index is 1.58. The molecule has 0 spiro atoms. The number of ether oxygens (including phenoxy) is 1. The molecule has 0 aliphatic carbocycles. The summed E-state index contributed by atoms with van der Waals surface area (Å²) in [6.45, 7) is 5.84. The normalized spacial score (nSPS) is 24.9. The number of likely N-dealkylation sites (tertiary alicyclic amines) is 1. The standard InChI is InChI=1S/C15H24N4O/c1-18-6-2-3-13(12-18)11-14-4-5-15(17-16-14)19-7-9-20-10-8-19/h4-5,13H,2-3,6-12H2,1H3. The first-order valence-electron chi connectivity index (χ1n) is 7.65. The third-order valence-corrected chi connectivity index (χ3v) is 4.26. The zero-order valence-corrected chi connectivity index (χ0v) is 12.3. The van der Waals surface area contributed by atoms with Gasteiger partial charge in [0, 0.05) is 19.6 Å². The van der Waals surface area contributed by atoms with Crippen LogP contribution in [0, 0.1) is 5.92 Å². The lowest BCUT2D eigenvalue weighted by Gasteiger charge is -2.29. The van der Waals surface area contributed by atoms with Crippen LogP contribution in [0.15, 0.2) is 12.1 Å². The summed E-state index contributed by atoms with van der Waals surface area (Å²) in [5, 5.41) is 8.82. The van der Waals surface area contributed by atoms with E-state index in [1.54, 1.807) is 0 Å². The van der Waals surface area contributed by atoms with Crippen molar-refractivity contribution in [1.82, 2.24) is 15.1 Å². The van der Waals surface area contributed by atoms with Gasteiger partial charge in [-0.2, -0.15) is 5.10 Å². The molecule has 2 aliphatic heterocycles. The Morgan fingerprint density at radius 2 is 2.05 bits per heavy atom. The Kier molecular flexibility index (Phi) is 4.47. The molecule has 1 aromatic rings. The van der Waals surface area contributed by atoms with Crippen molar-refractivity contribution >= 4 is 5.82 Å². The Hall–Kier alpha value is -1.20. The maximum atomic E-state index is 5.36. The number of nitrogens with zero attached hydrogens (tertiary/aromatic N) is 4. The van der Waals surface area contributed by atoms with Gasteiger partial charge in [0.25, 0.3) is 0 Å². The van der Waals surface area contributed by atoms with E-state index in [4.69, 9.17) is 4.74 Å². The summed E-state index contributed by atoms with van der Waals surface area (Å²) >= 11 is 0. The van der Waals surface area contributed by atoms with Gasteiger partial charge < -0.3 is 14.5 Å². The fourth-order valence-electron chi connectivity index (χ4n) is 3.16. The highest BCUT2D eigenvalue weighted by Crippen LogP contribution is 2.19. The predicted octanol–water partition coefficient (Wildman–Crippen LogP) is 1.20. The minimum atomic E-state index is 0.734. The molecule has 110 valence electrons. The summed E-state index contributed by atoms with van der Waals surface area (Å²) in [5.74, 6) is 1.72. The van der Waals surface area contributed by atoms with Gasteiger partial charge in [-0.3, -0.25) is 0 Å². The molecule has 0 aromatic carbocycles. The van der Waals surface area contributed by atoms with Gasteiger partial charge in [0.2, 0.25) is 0 Å². The maximum absolute atomic E-state index is 5.36. The number of piperidine rings is 1. The van der Waals surface area contributed by atoms with Gasteiger partial charge in [0.05, 0.1) is 18.9 Å². The predicted molar refractivity (Wildman–Crippen MR) is 79.0 cm³/mol. The SMILES string of the molecule is CN1CCCC(Cc2ccc(N3CCOCC3)nn2)C1. The zero-order chi connectivity index (χ0) is 13.8. The van der Waals surface area contributed by atoms with E-state index in [0.29, 0.717) is 0 Å². The van der Waals surface area contributed by atoms with E-state index in [-0.39, 0.29) is 0 Å². The van der Waals surface area contributed by atoms with Gasteiger partial charge in [-0.05, 0) is 50.9 Å². The molecule has 3 heterocycles. The van der Waals surface area contributed by atoms with Gasteiger partial charge >= 0.3 is 0 Å². The van der Waals surface area contributed by atoms with Crippen LogP contribution in [0.2, 0.25) is 0 Å². The minimum Gasteiger partial charge on any atom is -0.378 e. The second kappa shape index (κ2) is 6.50. The van der Waals surface area contributed by atoms with Crippen molar-refractivity contribution in [2.75, 3.05) is 51.3 Å². The first kappa shape index (κ1) is 13.8. The summed E-state index contributed by atoms with van der Waals surface area (Å²) < 4.78 is 5.36. The molecule has 5 heteroatoms. The Morgan fingerprint density at radius 1 is 1.20 bits per heavy atom. The lowest BCUT2D eigenvalue weighted by atomic mass is 9.94. The first-order chi connectivity index (χ1) is 9.81. The second-order valence-electron chi connectivity index (χ2n) is 5.96. The van der Waals surface area contributed by atoms with Gasteiger partial charge in [0.15, 0.2) is 5.82 Å². The molecular formula is C15H24N4O. The summed E-state index contributed by atoms with van der Waals surface area (Å²) in [5.41, 5.74) is 1.13. The number of hydrogen-bond donors (Lipinski definition) is 0. The Labute approximate surface area is 120 Å². The molecule has 1 aromatic heterocycles. The van der Waals surface area contributed by atoms with E-state index >= 15 is 0 Å². The molecule has 0 N–H and O–H groups in total. The van der Waals surface area contributed by atoms with Crippen molar-refractivity contribution in [1.29, 1.82) is 0 Å². The van der Waals surface area contributed by atoms with Crippen molar-refractivity contribution < 1.29 is 4.74 Å². The number of aromatic nitrogens is 2. The number of hydrogen-bond acceptors (Lipinski definition) is 5. The van der Waals surface area contributed by atoms with Crippen LogP contribution in [-0.2, 0) is 11.2 Å². The summed E-state index contributed by atoms with van der Waals surface area (Å²) in [6.07, 6.45) is 3.68. The number of morpholine rings is 1. The van der Waals surface area contributed by atoms with Crippen molar-refractivity contribution in [3.05, 3.63) is 17.8 Å². The molecule has 0 radical (unpaired) electrons. The summed E-state index contributed by atoms with van der Waals surface area (Å²) in [7, 11) is 2.21. The van der Waals surface area contributed by atoms with E-state index in [1.807, 2.05) is 0 Å². The smallest absolute Gasteiger partial charge is 0.151 e. The van der Waals surface area contributed by atoms with Crippen LogP contribution in [0.4, 0.5) is 5.82 Å². The van der Waals surface area contributed by atoms with Gasteiger partial charge in [-0.1, -0.05) is 0 Å². The van der Waals surface area contributed by atoms with Crippen molar-refractivity contribution in [2.45, 2.75) is 19.3 Å². The van der Waals surface area contributed by atoms with E-state index in [2.05, 4.69) is 39.2 Å². The van der Waals surface area contributed by atoms with E-state index in [9.17, 15) is 0 Å². The number of rotatable bonds is 3. The second-order valence-corrected chi connectivity index (χ2v) is 5.96. The zero-order valence-electron chi connectivity index (χ0n) is 12.3. The molecule has 2 aliphatic rings. The molecule has 1 atom stereocenters. The molecule has 20 heavy (non-hydrogen) atoms. The monoisotopic (exact) mass is 276 g/mol. The average Bonchev–Trinajstić information content (AvgIpc) is 2.49. The van der Waals surface area contributed by atoms with Crippen molar-refractivity contribution in [3.8, 4) is 0 Å². The van der Waals surface area contributed by atoms with Crippen molar-refractivity contribution in [2.24, 2.45) is 5.92 Å². The largest absolute Gasteiger partial charge is 0.378 e. The molecule has 0 saturated carbocycles. The lowest BCUT2D eigenvalue weighted by Crippen LogP contribution is -2.37. The Morgan fingerprint density at radius 3 is 2.75 bits per heavy atom. The van der Waals surface area contributed by atoms with Crippen LogP contribution in [0.25, 0.3) is 0 Å². The molecule has 3 rings (SSSR count). The fraction of sp³-hybridized carbons (Fsp3) is 0.733. The molecule has 0 amide bonds. The molecule has 1 unspecified atom stereocenters. The maximum Gasteiger partial charge on any atom is 0.151 e. The van der Waals surface area contributed by atoms with E-state index < -0.39 is 0 Å². The molecule has 2 fully saturated rings. The topological polar surface area (TPSA) is 41.5 Å². The summed E-state index contributed by atoms with van der Waals surface area (Å²) in [6, 6.07) is 4.26. The number of anilines is 1. The molecule has 2 saturated heterocycles. The van der Waals surface area contributed by atoms with Gasteiger partial charge in [0.1, 0.15) is 0 Å². The third kappa shape index (κ3) is 3.46. The average molecular weight is 276 g/mol. The van der Waals surface area contributed by atoms with E-state index in [1.165, 1.54) is 25.9 Å². The third-order valence-electron chi connectivity index (χ3n) is 4.26. The minimum absolute atomic E-state index is 0.734. The lowest BCUT2D eigenvalue weighted by molar-refractivity contribution is 0.122. The highest BCUT2D eigenvalue weighted by atomic mass is 16.5. The quantitative estimate of drug-likeness (QED) is 0.830.